The number of anilines is 1. The second kappa shape index (κ2) is 10.7. The number of hydrogen-bond donors (Lipinski definition) is 2. The summed E-state index contributed by atoms with van der Waals surface area (Å²) in [6.45, 7) is 2.11. The molecule has 1 aromatic heterocycles. The van der Waals surface area contributed by atoms with Crippen molar-refractivity contribution in [1.82, 2.24) is 9.88 Å². The fourth-order valence-electron chi connectivity index (χ4n) is 2.55. The number of hydrogen-bond acceptors (Lipinski definition) is 6. The first-order valence-electron chi connectivity index (χ1n) is 8.41. The van der Waals surface area contributed by atoms with Crippen LogP contribution in [0.2, 0.25) is 0 Å². The zero-order valence-corrected chi connectivity index (χ0v) is 15.8. The summed E-state index contributed by atoms with van der Waals surface area (Å²) in [5.41, 5.74) is 8.94. The van der Waals surface area contributed by atoms with Gasteiger partial charge in [-0.25, -0.2) is 0 Å². The largest absolute Gasteiger partial charge is 0.482 e. The molecule has 140 valence electrons. The summed E-state index contributed by atoms with van der Waals surface area (Å²) in [6, 6.07) is 9.42. The molecule has 0 radical (unpaired) electrons. The molecule has 0 fully saturated rings. The van der Waals surface area contributed by atoms with Gasteiger partial charge in [-0.2, -0.15) is 12.6 Å². The number of carbonyl (C=O) groups is 1. The van der Waals surface area contributed by atoms with Crippen molar-refractivity contribution in [2.45, 2.75) is 13.0 Å². The Balaban J connectivity index is 0.000000431. The van der Waals surface area contributed by atoms with Gasteiger partial charge >= 0.3 is 0 Å². The van der Waals surface area contributed by atoms with Gasteiger partial charge in [0.15, 0.2) is 6.61 Å². The van der Waals surface area contributed by atoms with Gasteiger partial charge in [0.25, 0.3) is 5.91 Å². The Labute approximate surface area is 159 Å². The maximum absolute atomic E-state index is 12.2. The minimum absolute atomic E-state index is 0.0127. The maximum Gasteiger partial charge on any atom is 0.260 e. The van der Waals surface area contributed by atoms with Crippen molar-refractivity contribution in [1.29, 1.82) is 0 Å². The predicted molar refractivity (Wildman–Crippen MR) is 105 cm³/mol. The van der Waals surface area contributed by atoms with Crippen molar-refractivity contribution >= 4 is 24.2 Å². The van der Waals surface area contributed by atoms with Gasteiger partial charge < -0.3 is 20.1 Å². The molecule has 0 bridgehead atoms. The normalized spacial score (nSPS) is 12.6. The van der Waals surface area contributed by atoms with E-state index in [2.05, 4.69) is 22.3 Å². The van der Waals surface area contributed by atoms with Crippen LogP contribution >= 0.6 is 12.6 Å². The lowest BCUT2D eigenvalue weighted by atomic mass is 9.99. The van der Waals surface area contributed by atoms with E-state index >= 15 is 0 Å². The molecule has 1 aromatic carbocycles. The highest BCUT2D eigenvalue weighted by Gasteiger charge is 2.21. The summed E-state index contributed by atoms with van der Waals surface area (Å²) in [5, 5.41) is 0. The number of ether oxygens (including phenoxy) is 2. The second-order valence-electron chi connectivity index (χ2n) is 5.79. The van der Waals surface area contributed by atoms with E-state index in [1.807, 2.05) is 23.1 Å². The van der Waals surface area contributed by atoms with Crippen LogP contribution in [0.4, 0.5) is 5.69 Å². The summed E-state index contributed by atoms with van der Waals surface area (Å²) in [5.74, 6) is 1.41. The lowest BCUT2D eigenvalue weighted by Crippen LogP contribution is -2.38. The Kier molecular flexibility index (Phi) is 8.24. The Morgan fingerprint density at radius 2 is 2.19 bits per heavy atom. The fourth-order valence-corrected chi connectivity index (χ4v) is 2.73. The van der Waals surface area contributed by atoms with Crippen LogP contribution in [0.5, 0.6) is 5.75 Å². The highest BCUT2D eigenvalue weighted by atomic mass is 32.1. The number of nitrogens with zero attached hydrogens (tertiary/aromatic N) is 2. The van der Waals surface area contributed by atoms with Crippen LogP contribution in [0.3, 0.4) is 0 Å². The van der Waals surface area contributed by atoms with Crippen LogP contribution in [0.15, 0.2) is 42.7 Å². The molecule has 6 nitrogen and oxygen atoms in total. The lowest BCUT2D eigenvalue weighted by Gasteiger charge is -2.29. The molecule has 1 aliphatic heterocycles. The zero-order valence-electron chi connectivity index (χ0n) is 14.9. The van der Waals surface area contributed by atoms with Crippen LogP contribution in [0, 0.1) is 0 Å². The monoisotopic (exact) mass is 375 g/mol. The smallest absolute Gasteiger partial charge is 0.260 e. The Bertz CT molecular complexity index is 696. The molecule has 3 rings (SSSR count). The highest BCUT2D eigenvalue weighted by molar-refractivity contribution is 7.80. The van der Waals surface area contributed by atoms with E-state index in [0.29, 0.717) is 18.8 Å². The van der Waals surface area contributed by atoms with Gasteiger partial charge in [0, 0.05) is 37.8 Å². The molecule has 2 N–H and O–H groups in total. The van der Waals surface area contributed by atoms with Crippen LogP contribution in [-0.4, -0.2) is 48.4 Å². The summed E-state index contributed by atoms with van der Waals surface area (Å²) in [7, 11) is 1.66. The van der Waals surface area contributed by atoms with Gasteiger partial charge in [0.1, 0.15) is 5.75 Å². The molecule has 26 heavy (non-hydrogen) atoms. The predicted octanol–water partition coefficient (Wildman–Crippen LogP) is 2.19. The minimum Gasteiger partial charge on any atom is -0.482 e. The molecule has 1 amide bonds. The van der Waals surface area contributed by atoms with E-state index in [4.69, 9.17) is 10.5 Å². The zero-order chi connectivity index (χ0) is 18.8. The number of fused-ring (bicyclic) bond motifs is 1. The number of methoxy groups -OCH3 is 1. The van der Waals surface area contributed by atoms with Gasteiger partial charge in [0.05, 0.1) is 12.8 Å². The Morgan fingerprint density at radius 1 is 1.35 bits per heavy atom. The fraction of sp³-hybridized carbons (Fsp3) is 0.368. The van der Waals surface area contributed by atoms with Crippen molar-refractivity contribution in [2.24, 2.45) is 0 Å². The first-order valence-corrected chi connectivity index (χ1v) is 9.05. The van der Waals surface area contributed by atoms with Crippen molar-refractivity contribution in [3.05, 3.63) is 53.9 Å². The third-order valence-corrected chi connectivity index (χ3v) is 4.07. The number of benzene rings is 1. The number of nitrogen functional groups attached to an aromatic ring is 1. The molecule has 0 atom stereocenters. The molecule has 0 aliphatic carbocycles. The highest BCUT2D eigenvalue weighted by Crippen LogP contribution is 2.21. The van der Waals surface area contributed by atoms with Gasteiger partial charge in [-0.05, 0) is 41.8 Å². The van der Waals surface area contributed by atoms with Crippen molar-refractivity contribution in [3.8, 4) is 5.75 Å². The van der Waals surface area contributed by atoms with Crippen LogP contribution < -0.4 is 10.5 Å². The quantitative estimate of drug-likeness (QED) is 0.619. The molecule has 7 heteroatoms. The van der Waals surface area contributed by atoms with Crippen molar-refractivity contribution in [3.63, 3.8) is 0 Å². The molecule has 2 heterocycles. The summed E-state index contributed by atoms with van der Waals surface area (Å²) in [4.78, 5) is 18.0. The minimum atomic E-state index is -0.0127. The van der Waals surface area contributed by atoms with E-state index < -0.39 is 0 Å². The Hall–Kier alpha value is -2.25. The topological polar surface area (TPSA) is 77.7 Å². The van der Waals surface area contributed by atoms with Gasteiger partial charge in [-0.3, -0.25) is 9.78 Å². The maximum atomic E-state index is 12.2. The number of carbonyl (C=O) groups excluding carboxylic acids is 1. The average molecular weight is 375 g/mol. The molecule has 0 unspecified atom stereocenters. The molecule has 0 spiro atoms. The van der Waals surface area contributed by atoms with E-state index in [9.17, 15) is 4.79 Å². The van der Waals surface area contributed by atoms with Crippen molar-refractivity contribution < 1.29 is 14.3 Å². The van der Waals surface area contributed by atoms with E-state index in [1.165, 1.54) is 5.56 Å². The molecular formula is C19H25N3O3S. The van der Waals surface area contributed by atoms with Gasteiger partial charge in [0.2, 0.25) is 0 Å². The lowest BCUT2D eigenvalue weighted by molar-refractivity contribution is -0.134. The van der Waals surface area contributed by atoms with Gasteiger partial charge in [-0.15, -0.1) is 0 Å². The number of thiol groups is 1. The third-order valence-electron chi connectivity index (χ3n) is 3.89. The molecule has 2 aromatic rings. The van der Waals surface area contributed by atoms with E-state index in [0.717, 1.165) is 30.0 Å². The van der Waals surface area contributed by atoms with E-state index in [1.54, 1.807) is 31.6 Å². The SMILES string of the molecule is COCCS.Nc1ccc2c(c1)CCN(C(=O)COc1cccnc1)C2. The standard InChI is InChI=1S/C16H17N3O2.C3H8OS/c17-14-4-3-13-10-19(7-5-12(13)8-14)16(20)11-21-15-2-1-6-18-9-15;1-4-2-3-5/h1-4,6,8-9H,5,7,10-11,17H2;5H,2-3H2,1H3. The van der Waals surface area contributed by atoms with Gasteiger partial charge in [-0.1, -0.05) is 6.07 Å². The van der Waals surface area contributed by atoms with Crippen LogP contribution in [-0.2, 0) is 22.5 Å². The molecule has 1 aliphatic rings. The summed E-state index contributed by atoms with van der Waals surface area (Å²) < 4.78 is 10.1. The van der Waals surface area contributed by atoms with Crippen molar-refractivity contribution in [2.75, 3.05) is 38.4 Å². The summed E-state index contributed by atoms with van der Waals surface area (Å²) in [6.07, 6.45) is 4.10. The van der Waals surface area contributed by atoms with Crippen LogP contribution in [0.1, 0.15) is 11.1 Å². The summed E-state index contributed by atoms with van der Waals surface area (Å²) >= 11 is 3.88. The average Bonchev–Trinajstić information content (AvgIpc) is 2.67. The molecular weight excluding hydrogens is 350 g/mol. The molecule has 0 saturated heterocycles. The number of nitrogens with two attached hydrogens (primary N) is 1. The second-order valence-corrected chi connectivity index (χ2v) is 6.23. The number of pyridine rings is 1. The van der Waals surface area contributed by atoms with E-state index in [-0.39, 0.29) is 12.5 Å². The number of rotatable bonds is 5. The molecule has 0 saturated carbocycles. The third kappa shape index (κ3) is 6.24. The first kappa shape index (κ1) is 20.1. The van der Waals surface area contributed by atoms with Crippen LogP contribution in [0.25, 0.3) is 0 Å². The number of aromatic nitrogens is 1. The first-order chi connectivity index (χ1) is 12.6. The Morgan fingerprint density at radius 3 is 2.85 bits per heavy atom. The number of amides is 1.